The molecule has 34 heavy (non-hydrogen) atoms. The van der Waals surface area contributed by atoms with E-state index in [0.717, 1.165) is 29.0 Å². The second-order valence-electron chi connectivity index (χ2n) is 8.74. The molecule has 1 amide bonds. The Kier molecular flexibility index (Phi) is 6.02. The molecule has 4 aromatic rings. The Bertz CT molecular complexity index is 1440. The molecule has 0 spiro atoms. The van der Waals surface area contributed by atoms with Crippen LogP contribution in [0.25, 0.3) is 16.9 Å². The van der Waals surface area contributed by atoms with Gasteiger partial charge in [-0.05, 0) is 36.4 Å². The van der Waals surface area contributed by atoms with Gasteiger partial charge in [-0.2, -0.15) is 18.3 Å². The second-order valence-corrected chi connectivity index (χ2v) is 13.5. The van der Waals surface area contributed by atoms with Gasteiger partial charge in [-0.1, -0.05) is 43.8 Å². The molecule has 5 nitrogen and oxygen atoms in total. The molecule has 172 valence electrons. The summed E-state index contributed by atoms with van der Waals surface area (Å²) >= 11 is 0. The van der Waals surface area contributed by atoms with E-state index in [1.165, 1.54) is 12.1 Å². The predicted octanol–water partition coefficient (Wildman–Crippen LogP) is 5.90. The third-order valence-corrected chi connectivity index (χ3v) is 5.72. The maximum atomic E-state index is 13.0. The zero-order valence-electron chi connectivity index (χ0n) is 18.7. The minimum atomic E-state index is -4.52. The van der Waals surface area contributed by atoms with E-state index in [1.807, 2.05) is 6.07 Å². The van der Waals surface area contributed by atoms with Gasteiger partial charge < -0.3 is 5.32 Å². The summed E-state index contributed by atoms with van der Waals surface area (Å²) in [5.41, 5.74) is 5.65. The Morgan fingerprint density at radius 3 is 2.56 bits per heavy atom. The number of alkyl halides is 3. The van der Waals surface area contributed by atoms with Crippen molar-refractivity contribution in [1.29, 1.82) is 0 Å². The standard InChI is InChI=1S/C25H21F3N4OSi/c1-34(2,3)13-11-19-16-30-32-22(10-12-29-23(19)32)17-6-5-9-21(15-17)31-24(33)18-7-4-8-20(14-18)25(26,27)28/h4-10,12,14-16H,1-3H3,(H,31,33). The number of hydrogen-bond donors (Lipinski definition) is 1. The molecule has 0 unspecified atom stereocenters. The number of halogens is 3. The third kappa shape index (κ3) is 5.18. The van der Waals surface area contributed by atoms with Gasteiger partial charge in [0, 0.05) is 23.0 Å². The minimum absolute atomic E-state index is 0.0794. The Morgan fingerprint density at radius 2 is 1.82 bits per heavy atom. The van der Waals surface area contributed by atoms with E-state index in [1.54, 1.807) is 41.2 Å². The second kappa shape index (κ2) is 8.80. The van der Waals surface area contributed by atoms with Gasteiger partial charge in [0.15, 0.2) is 5.65 Å². The molecule has 1 N–H and O–H groups in total. The predicted molar refractivity (Wildman–Crippen MR) is 128 cm³/mol. The molecule has 0 bridgehead atoms. The summed E-state index contributed by atoms with van der Waals surface area (Å²) in [6, 6.07) is 13.1. The van der Waals surface area contributed by atoms with Crippen molar-refractivity contribution in [2.75, 3.05) is 5.32 Å². The van der Waals surface area contributed by atoms with Gasteiger partial charge in [-0.15, -0.1) is 5.54 Å². The summed E-state index contributed by atoms with van der Waals surface area (Å²) in [5, 5.41) is 7.11. The van der Waals surface area contributed by atoms with E-state index in [4.69, 9.17) is 0 Å². The lowest BCUT2D eigenvalue weighted by Gasteiger charge is -2.11. The Morgan fingerprint density at radius 1 is 1.06 bits per heavy atom. The summed E-state index contributed by atoms with van der Waals surface area (Å²) in [7, 11) is -1.57. The molecule has 0 atom stereocenters. The van der Waals surface area contributed by atoms with Crippen molar-refractivity contribution in [3.05, 3.63) is 83.7 Å². The van der Waals surface area contributed by atoms with Crippen LogP contribution in [0.1, 0.15) is 21.5 Å². The van der Waals surface area contributed by atoms with E-state index in [2.05, 4.69) is 46.5 Å². The molecule has 4 rings (SSSR count). The summed E-state index contributed by atoms with van der Waals surface area (Å²) in [4.78, 5) is 17.0. The molecule has 9 heteroatoms. The molecule has 0 saturated heterocycles. The number of nitrogens with one attached hydrogen (secondary N) is 1. The first-order valence-corrected chi connectivity index (χ1v) is 14.0. The lowest BCUT2D eigenvalue weighted by Crippen LogP contribution is -2.16. The van der Waals surface area contributed by atoms with Gasteiger partial charge in [0.25, 0.3) is 5.91 Å². The van der Waals surface area contributed by atoms with Gasteiger partial charge in [0.2, 0.25) is 0 Å². The van der Waals surface area contributed by atoms with Crippen molar-refractivity contribution in [1.82, 2.24) is 14.6 Å². The minimum Gasteiger partial charge on any atom is -0.322 e. The average Bonchev–Trinajstić information content (AvgIpc) is 3.20. The first kappa shape index (κ1) is 23.3. The van der Waals surface area contributed by atoms with E-state index in [0.29, 0.717) is 11.3 Å². The van der Waals surface area contributed by atoms with Crippen molar-refractivity contribution in [3.63, 3.8) is 0 Å². The number of benzene rings is 2. The number of anilines is 1. The Hall–Kier alpha value is -3.90. The van der Waals surface area contributed by atoms with Gasteiger partial charge in [0.1, 0.15) is 8.07 Å². The van der Waals surface area contributed by atoms with Crippen LogP contribution in [-0.4, -0.2) is 28.6 Å². The van der Waals surface area contributed by atoms with Gasteiger partial charge in [-0.25, -0.2) is 9.50 Å². The molecule has 0 aliphatic heterocycles. The maximum Gasteiger partial charge on any atom is 0.416 e. The van der Waals surface area contributed by atoms with Crippen LogP contribution in [0, 0.1) is 11.5 Å². The van der Waals surface area contributed by atoms with Crippen molar-refractivity contribution in [3.8, 4) is 22.7 Å². The zero-order chi connectivity index (χ0) is 24.5. The molecule has 0 fully saturated rings. The lowest BCUT2D eigenvalue weighted by molar-refractivity contribution is -0.137. The van der Waals surface area contributed by atoms with Gasteiger partial charge >= 0.3 is 6.18 Å². The number of carbonyl (C=O) groups is 1. The van der Waals surface area contributed by atoms with Crippen LogP contribution in [0.2, 0.25) is 19.6 Å². The highest BCUT2D eigenvalue weighted by Crippen LogP contribution is 2.30. The highest BCUT2D eigenvalue weighted by Gasteiger charge is 2.30. The lowest BCUT2D eigenvalue weighted by atomic mass is 10.1. The molecule has 2 aromatic heterocycles. The first-order chi connectivity index (χ1) is 16.0. The number of amides is 1. The fourth-order valence-electron chi connectivity index (χ4n) is 3.25. The Balaban J connectivity index is 1.64. The highest BCUT2D eigenvalue weighted by molar-refractivity contribution is 6.83. The van der Waals surface area contributed by atoms with E-state index < -0.39 is 25.7 Å². The van der Waals surface area contributed by atoms with Crippen LogP contribution in [0.4, 0.5) is 18.9 Å². The monoisotopic (exact) mass is 478 g/mol. The first-order valence-electron chi connectivity index (χ1n) is 10.5. The summed E-state index contributed by atoms with van der Waals surface area (Å²) < 4.78 is 40.6. The van der Waals surface area contributed by atoms with Gasteiger partial charge in [-0.3, -0.25) is 4.79 Å². The number of hydrogen-bond acceptors (Lipinski definition) is 3. The quantitative estimate of drug-likeness (QED) is 0.295. The number of carbonyl (C=O) groups excluding carboxylic acids is 1. The molecule has 0 radical (unpaired) electrons. The van der Waals surface area contributed by atoms with E-state index in [9.17, 15) is 18.0 Å². The topological polar surface area (TPSA) is 59.3 Å². The number of nitrogens with zero attached hydrogens (tertiary/aromatic N) is 3. The average molecular weight is 479 g/mol. The van der Waals surface area contributed by atoms with Crippen LogP contribution in [0.5, 0.6) is 0 Å². The fourth-order valence-corrected chi connectivity index (χ4v) is 3.76. The normalized spacial score (nSPS) is 11.7. The molecule has 0 aliphatic carbocycles. The maximum absolute atomic E-state index is 13.0. The van der Waals surface area contributed by atoms with E-state index >= 15 is 0 Å². The number of fused-ring (bicyclic) bond motifs is 1. The van der Waals surface area contributed by atoms with Crippen molar-refractivity contribution in [2.24, 2.45) is 0 Å². The molecule has 0 saturated carbocycles. The van der Waals surface area contributed by atoms with Crippen LogP contribution in [-0.2, 0) is 6.18 Å². The fraction of sp³-hybridized carbons (Fsp3) is 0.160. The third-order valence-electron chi connectivity index (χ3n) is 4.84. The van der Waals surface area contributed by atoms with Gasteiger partial charge in [0.05, 0.1) is 23.0 Å². The molecular weight excluding hydrogens is 457 g/mol. The largest absolute Gasteiger partial charge is 0.416 e. The van der Waals surface area contributed by atoms with Crippen LogP contribution >= 0.6 is 0 Å². The summed E-state index contributed by atoms with van der Waals surface area (Å²) in [6.45, 7) is 6.47. The SMILES string of the molecule is C[Si](C)(C)C#Cc1cnn2c(-c3cccc(NC(=O)c4cccc(C(F)(F)F)c4)c3)ccnc12. The highest BCUT2D eigenvalue weighted by atomic mass is 28.3. The number of aromatic nitrogens is 3. The summed E-state index contributed by atoms with van der Waals surface area (Å²) in [5.74, 6) is 2.55. The molecular formula is C25H21F3N4OSi. The smallest absolute Gasteiger partial charge is 0.322 e. The van der Waals surface area contributed by atoms with Crippen LogP contribution in [0.15, 0.2) is 67.0 Å². The van der Waals surface area contributed by atoms with Crippen molar-refractivity contribution >= 4 is 25.3 Å². The molecule has 0 aliphatic rings. The van der Waals surface area contributed by atoms with Crippen molar-refractivity contribution in [2.45, 2.75) is 25.8 Å². The zero-order valence-corrected chi connectivity index (χ0v) is 19.7. The van der Waals surface area contributed by atoms with Crippen LogP contribution < -0.4 is 5.32 Å². The summed E-state index contributed by atoms with van der Waals surface area (Å²) in [6.07, 6.45) is -1.18. The van der Waals surface area contributed by atoms with Crippen LogP contribution in [0.3, 0.4) is 0 Å². The Labute approximate surface area is 195 Å². The molecule has 2 aromatic carbocycles. The molecule has 2 heterocycles. The van der Waals surface area contributed by atoms with E-state index in [-0.39, 0.29) is 5.56 Å². The number of rotatable bonds is 3. The van der Waals surface area contributed by atoms with Crippen molar-refractivity contribution < 1.29 is 18.0 Å².